The Morgan fingerprint density at radius 3 is 2.57 bits per heavy atom. The van der Waals surface area contributed by atoms with Gasteiger partial charge in [-0.2, -0.15) is 0 Å². The van der Waals surface area contributed by atoms with Gasteiger partial charge in [-0.15, -0.1) is 0 Å². The maximum atomic E-state index is 12.4. The highest BCUT2D eigenvalue weighted by Crippen LogP contribution is 2.42. The summed E-state index contributed by atoms with van der Waals surface area (Å²) in [6.45, 7) is 0.855. The van der Waals surface area contributed by atoms with E-state index < -0.39 is 17.4 Å². The third-order valence-electron chi connectivity index (χ3n) is 5.17. The molecule has 0 unspecified atom stereocenters. The number of hydrogen-bond donors (Lipinski definition) is 1. The SMILES string of the molecule is CN1C(=O)C[C@@H](C(=O)O)C12CCN(C(=O)c1ccccn1)CC2. The number of aliphatic carboxylic acids is 1. The van der Waals surface area contributed by atoms with Crippen LogP contribution < -0.4 is 0 Å². The van der Waals surface area contributed by atoms with Gasteiger partial charge in [-0.25, -0.2) is 0 Å². The molecule has 0 aliphatic carbocycles. The number of rotatable bonds is 2. The van der Waals surface area contributed by atoms with Crippen LogP contribution in [0.4, 0.5) is 0 Å². The molecule has 2 aliphatic heterocycles. The van der Waals surface area contributed by atoms with E-state index in [9.17, 15) is 19.5 Å². The molecule has 23 heavy (non-hydrogen) atoms. The smallest absolute Gasteiger partial charge is 0.309 e. The van der Waals surface area contributed by atoms with Crippen LogP contribution in [0.1, 0.15) is 29.8 Å². The molecule has 3 heterocycles. The van der Waals surface area contributed by atoms with Crippen molar-refractivity contribution < 1.29 is 19.5 Å². The van der Waals surface area contributed by atoms with Crippen LogP contribution >= 0.6 is 0 Å². The van der Waals surface area contributed by atoms with Gasteiger partial charge in [0.25, 0.3) is 5.91 Å². The number of aromatic nitrogens is 1. The van der Waals surface area contributed by atoms with Crippen LogP contribution in [0.3, 0.4) is 0 Å². The fourth-order valence-corrected chi connectivity index (χ4v) is 3.73. The van der Waals surface area contributed by atoms with Crippen molar-refractivity contribution in [3.8, 4) is 0 Å². The minimum Gasteiger partial charge on any atom is -0.481 e. The van der Waals surface area contributed by atoms with E-state index in [1.165, 1.54) is 0 Å². The van der Waals surface area contributed by atoms with Crippen molar-refractivity contribution in [3.63, 3.8) is 0 Å². The van der Waals surface area contributed by atoms with Crippen LogP contribution in [-0.2, 0) is 9.59 Å². The Kier molecular flexibility index (Phi) is 3.79. The summed E-state index contributed by atoms with van der Waals surface area (Å²) in [6.07, 6.45) is 2.57. The van der Waals surface area contributed by atoms with E-state index >= 15 is 0 Å². The van der Waals surface area contributed by atoms with Gasteiger partial charge in [-0.1, -0.05) is 6.07 Å². The fraction of sp³-hybridized carbons (Fsp3) is 0.500. The van der Waals surface area contributed by atoms with Gasteiger partial charge in [0.1, 0.15) is 5.69 Å². The Balaban J connectivity index is 1.76. The first-order chi connectivity index (χ1) is 11.0. The molecule has 2 amide bonds. The molecule has 1 aromatic heterocycles. The summed E-state index contributed by atoms with van der Waals surface area (Å²) in [4.78, 5) is 43.3. The van der Waals surface area contributed by atoms with Crippen LogP contribution in [-0.4, -0.2) is 63.4 Å². The number of carboxylic acid groups (broad SMARTS) is 1. The second-order valence-corrected chi connectivity index (χ2v) is 6.16. The molecular weight excluding hydrogens is 298 g/mol. The zero-order valence-electron chi connectivity index (χ0n) is 12.9. The highest BCUT2D eigenvalue weighted by Gasteiger charge is 2.55. The quantitative estimate of drug-likeness (QED) is 0.863. The normalized spacial score (nSPS) is 23.3. The largest absolute Gasteiger partial charge is 0.481 e. The molecule has 0 saturated carbocycles. The summed E-state index contributed by atoms with van der Waals surface area (Å²) in [6, 6.07) is 5.17. The molecule has 1 aromatic rings. The summed E-state index contributed by atoms with van der Waals surface area (Å²) < 4.78 is 0. The Bertz CT molecular complexity index is 638. The number of amides is 2. The molecule has 7 heteroatoms. The van der Waals surface area contributed by atoms with Gasteiger partial charge in [0, 0.05) is 32.8 Å². The van der Waals surface area contributed by atoms with Crippen molar-refractivity contribution in [1.82, 2.24) is 14.8 Å². The summed E-state index contributed by atoms with van der Waals surface area (Å²) in [5, 5.41) is 9.45. The molecule has 0 aromatic carbocycles. The molecule has 1 atom stereocenters. The van der Waals surface area contributed by atoms with Crippen LogP contribution in [0.2, 0.25) is 0 Å². The summed E-state index contributed by atoms with van der Waals surface area (Å²) in [5.41, 5.74) is -0.293. The lowest BCUT2D eigenvalue weighted by molar-refractivity contribution is -0.145. The average molecular weight is 317 g/mol. The Hall–Kier alpha value is -2.44. The number of carboxylic acids is 1. The third kappa shape index (κ3) is 2.46. The van der Waals surface area contributed by atoms with E-state index in [0.29, 0.717) is 31.6 Å². The van der Waals surface area contributed by atoms with Crippen molar-refractivity contribution in [2.24, 2.45) is 5.92 Å². The molecule has 0 radical (unpaired) electrons. The molecule has 2 saturated heterocycles. The van der Waals surface area contributed by atoms with E-state index in [2.05, 4.69) is 4.98 Å². The van der Waals surface area contributed by atoms with Crippen molar-refractivity contribution >= 4 is 17.8 Å². The Labute approximate surface area is 133 Å². The van der Waals surface area contributed by atoms with Crippen molar-refractivity contribution in [2.75, 3.05) is 20.1 Å². The van der Waals surface area contributed by atoms with Crippen molar-refractivity contribution in [1.29, 1.82) is 0 Å². The summed E-state index contributed by atoms with van der Waals surface area (Å²) in [7, 11) is 1.67. The zero-order chi connectivity index (χ0) is 16.6. The number of nitrogens with zero attached hydrogens (tertiary/aromatic N) is 3. The van der Waals surface area contributed by atoms with Crippen LogP contribution in [0.15, 0.2) is 24.4 Å². The molecule has 0 bridgehead atoms. The topological polar surface area (TPSA) is 90.8 Å². The molecule has 3 rings (SSSR count). The monoisotopic (exact) mass is 317 g/mol. The predicted octanol–water partition coefficient (Wildman–Crippen LogP) is 0.619. The van der Waals surface area contributed by atoms with E-state index in [-0.39, 0.29) is 18.2 Å². The number of piperidine rings is 1. The second-order valence-electron chi connectivity index (χ2n) is 6.16. The van der Waals surface area contributed by atoms with Gasteiger partial charge in [0.2, 0.25) is 5.91 Å². The van der Waals surface area contributed by atoms with E-state index in [4.69, 9.17) is 0 Å². The highest BCUT2D eigenvalue weighted by molar-refractivity contribution is 5.92. The highest BCUT2D eigenvalue weighted by atomic mass is 16.4. The predicted molar refractivity (Wildman–Crippen MR) is 80.6 cm³/mol. The molecule has 2 aliphatic rings. The fourth-order valence-electron chi connectivity index (χ4n) is 3.73. The van der Waals surface area contributed by atoms with Gasteiger partial charge in [0.05, 0.1) is 11.5 Å². The average Bonchev–Trinajstić information content (AvgIpc) is 2.81. The molecule has 2 fully saturated rings. The number of carbonyl (C=O) groups excluding carboxylic acids is 2. The lowest BCUT2D eigenvalue weighted by Gasteiger charge is -2.45. The maximum Gasteiger partial charge on any atom is 0.309 e. The minimum absolute atomic E-state index is 0.0417. The molecule has 122 valence electrons. The second kappa shape index (κ2) is 5.64. The van der Waals surface area contributed by atoms with Gasteiger partial charge >= 0.3 is 5.97 Å². The summed E-state index contributed by atoms with van der Waals surface area (Å²) in [5.74, 6) is -1.93. The van der Waals surface area contributed by atoms with Gasteiger partial charge in [-0.05, 0) is 25.0 Å². The molecular formula is C16H19N3O4. The number of likely N-dealkylation sites (tertiary alicyclic amines) is 2. The lowest BCUT2D eigenvalue weighted by Crippen LogP contribution is -2.57. The van der Waals surface area contributed by atoms with E-state index in [1.807, 2.05) is 0 Å². The zero-order valence-corrected chi connectivity index (χ0v) is 12.9. The van der Waals surface area contributed by atoms with E-state index in [1.54, 1.807) is 41.2 Å². The first kappa shape index (κ1) is 15.5. The van der Waals surface area contributed by atoms with Crippen molar-refractivity contribution in [3.05, 3.63) is 30.1 Å². The van der Waals surface area contributed by atoms with Crippen molar-refractivity contribution in [2.45, 2.75) is 24.8 Å². The Morgan fingerprint density at radius 1 is 1.30 bits per heavy atom. The lowest BCUT2D eigenvalue weighted by atomic mass is 9.77. The number of pyridine rings is 1. The van der Waals surface area contributed by atoms with Crippen LogP contribution in [0.5, 0.6) is 0 Å². The van der Waals surface area contributed by atoms with E-state index in [0.717, 1.165) is 0 Å². The minimum atomic E-state index is -0.938. The standard InChI is InChI=1S/C16H19N3O4/c1-18-13(20)10-11(15(22)23)16(18)5-8-19(9-6-16)14(21)12-4-2-3-7-17-12/h2-4,7,11H,5-6,8-10H2,1H3,(H,22,23)/t11-/m0/s1. The van der Waals surface area contributed by atoms with Crippen LogP contribution in [0.25, 0.3) is 0 Å². The number of hydrogen-bond acceptors (Lipinski definition) is 4. The van der Waals surface area contributed by atoms with Gasteiger partial charge < -0.3 is 14.9 Å². The summed E-state index contributed by atoms with van der Waals surface area (Å²) >= 11 is 0. The van der Waals surface area contributed by atoms with Crippen LogP contribution in [0, 0.1) is 5.92 Å². The molecule has 7 nitrogen and oxygen atoms in total. The van der Waals surface area contributed by atoms with Gasteiger partial charge in [0.15, 0.2) is 0 Å². The molecule has 1 spiro atoms. The maximum absolute atomic E-state index is 12.4. The first-order valence-electron chi connectivity index (χ1n) is 7.65. The molecule has 1 N–H and O–H groups in total. The van der Waals surface area contributed by atoms with Gasteiger partial charge in [-0.3, -0.25) is 19.4 Å². The third-order valence-corrected chi connectivity index (χ3v) is 5.17. The first-order valence-corrected chi connectivity index (χ1v) is 7.65. The number of carbonyl (C=O) groups is 3. The Morgan fingerprint density at radius 2 is 2.00 bits per heavy atom.